The van der Waals surface area contributed by atoms with Crippen molar-refractivity contribution in [2.24, 2.45) is 0 Å². The second kappa shape index (κ2) is 5.92. The molecule has 2 aromatic carbocycles. The lowest BCUT2D eigenvalue weighted by atomic mass is 10.2. The number of nitrogens with zero attached hydrogens (tertiary/aromatic N) is 1. The fraction of sp³-hybridized carbons (Fsp3) is 0.118. The molecule has 0 N–H and O–H groups in total. The van der Waals surface area contributed by atoms with Crippen LogP contribution in [0.3, 0.4) is 0 Å². The smallest absolute Gasteiger partial charge is 0.347 e. The fourth-order valence-electron chi connectivity index (χ4n) is 2.18. The predicted octanol–water partition coefficient (Wildman–Crippen LogP) is 2.79. The summed E-state index contributed by atoms with van der Waals surface area (Å²) >= 11 is 0. The zero-order chi connectivity index (χ0) is 16.4. The van der Waals surface area contributed by atoms with Crippen LogP contribution in [0.2, 0.25) is 0 Å². The van der Waals surface area contributed by atoms with Gasteiger partial charge in [-0.15, -0.1) is 0 Å². The number of hydrogen-bond donors (Lipinski definition) is 0. The molecule has 0 saturated carbocycles. The molecule has 1 heterocycles. The van der Waals surface area contributed by atoms with Crippen molar-refractivity contribution in [1.29, 1.82) is 0 Å². The van der Waals surface area contributed by atoms with Crippen molar-refractivity contribution in [2.75, 3.05) is 7.11 Å². The minimum atomic E-state index is -0.464. The second-order valence-electron chi connectivity index (χ2n) is 4.78. The van der Waals surface area contributed by atoms with E-state index < -0.39 is 11.6 Å². The van der Waals surface area contributed by atoms with Gasteiger partial charge in [-0.2, -0.15) is 0 Å². The average Bonchev–Trinajstić information content (AvgIpc) is 2.54. The van der Waals surface area contributed by atoms with Crippen molar-refractivity contribution < 1.29 is 18.7 Å². The predicted molar refractivity (Wildman–Crippen MR) is 83.6 cm³/mol. The third-order valence-electron chi connectivity index (χ3n) is 3.20. The first-order valence-corrected chi connectivity index (χ1v) is 6.85. The minimum absolute atomic E-state index is 0.168. The van der Waals surface area contributed by atoms with E-state index in [1.807, 2.05) is 0 Å². The number of methoxy groups -OCH3 is 1. The van der Waals surface area contributed by atoms with E-state index in [4.69, 9.17) is 13.9 Å². The van der Waals surface area contributed by atoms with Crippen LogP contribution in [0.4, 0.5) is 0 Å². The van der Waals surface area contributed by atoms with E-state index in [9.17, 15) is 9.59 Å². The summed E-state index contributed by atoms with van der Waals surface area (Å²) < 4.78 is 15.5. The van der Waals surface area contributed by atoms with Gasteiger partial charge in [-0.3, -0.25) is 4.79 Å². The molecule has 6 nitrogen and oxygen atoms in total. The van der Waals surface area contributed by atoms with E-state index in [0.717, 1.165) is 0 Å². The number of fused-ring (bicyclic) bond motifs is 1. The Balaban J connectivity index is 2.11. The van der Waals surface area contributed by atoms with Gasteiger partial charge in [0.15, 0.2) is 11.5 Å². The number of rotatable bonds is 3. The quantitative estimate of drug-likeness (QED) is 0.546. The van der Waals surface area contributed by atoms with E-state index >= 15 is 0 Å². The number of aromatic nitrogens is 1. The molecule has 0 atom stereocenters. The molecule has 3 aromatic rings. The topological polar surface area (TPSA) is 78.6 Å². The summed E-state index contributed by atoms with van der Waals surface area (Å²) in [5, 5.41) is 0.416. The number of ether oxygens (including phenoxy) is 2. The van der Waals surface area contributed by atoms with Gasteiger partial charge in [-0.25, -0.2) is 9.78 Å². The zero-order valence-corrected chi connectivity index (χ0v) is 12.5. The monoisotopic (exact) mass is 311 g/mol. The van der Waals surface area contributed by atoms with E-state index in [0.29, 0.717) is 22.2 Å². The van der Waals surface area contributed by atoms with Crippen LogP contribution in [0.25, 0.3) is 22.4 Å². The third kappa shape index (κ3) is 2.91. The Hall–Kier alpha value is -3.15. The molecule has 0 aliphatic carbocycles. The Bertz CT molecular complexity index is 945. The number of para-hydroxylation sites is 1. The molecule has 0 bridgehead atoms. The summed E-state index contributed by atoms with van der Waals surface area (Å²) in [5.41, 5.74) is 0.621. The first-order chi connectivity index (χ1) is 11.1. The van der Waals surface area contributed by atoms with Crippen LogP contribution >= 0.6 is 0 Å². The number of benzene rings is 2. The van der Waals surface area contributed by atoms with Gasteiger partial charge in [0.25, 0.3) is 0 Å². The molecule has 0 radical (unpaired) electrons. The Morgan fingerprint density at radius 2 is 1.91 bits per heavy atom. The van der Waals surface area contributed by atoms with Crippen LogP contribution in [-0.4, -0.2) is 18.1 Å². The first-order valence-electron chi connectivity index (χ1n) is 6.85. The molecule has 0 unspecified atom stereocenters. The molecule has 116 valence electrons. The molecule has 0 spiro atoms. The van der Waals surface area contributed by atoms with Gasteiger partial charge in [0.05, 0.1) is 18.0 Å². The first kappa shape index (κ1) is 14.8. The van der Waals surface area contributed by atoms with Crippen molar-refractivity contribution in [2.45, 2.75) is 6.92 Å². The van der Waals surface area contributed by atoms with Gasteiger partial charge in [0.1, 0.15) is 0 Å². The molecular weight excluding hydrogens is 298 g/mol. The number of carbonyl (C=O) groups excluding carboxylic acids is 1. The standard InChI is InChI=1S/C17H13NO5/c1-10(19)22-14-8-7-11(9-15(14)21-2)16-18-13-6-4-3-5-12(13)17(20)23-16/h3-9H,1-2H3. The van der Waals surface area contributed by atoms with Gasteiger partial charge in [-0.05, 0) is 30.3 Å². The average molecular weight is 311 g/mol. The number of esters is 1. The molecule has 6 heteroatoms. The van der Waals surface area contributed by atoms with Crippen molar-refractivity contribution >= 4 is 16.9 Å². The number of carbonyl (C=O) groups is 1. The highest BCUT2D eigenvalue weighted by atomic mass is 16.6. The molecule has 3 rings (SSSR count). The lowest BCUT2D eigenvalue weighted by molar-refractivity contribution is -0.132. The van der Waals surface area contributed by atoms with E-state index in [2.05, 4.69) is 4.98 Å². The van der Waals surface area contributed by atoms with Gasteiger partial charge >= 0.3 is 11.6 Å². The summed E-state index contributed by atoms with van der Waals surface area (Å²) in [6.07, 6.45) is 0. The molecule has 0 aliphatic rings. The molecule has 0 aliphatic heterocycles. The van der Waals surface area contributed by atoms with Gasteiger partial charge in [0.2, 0.25) is 5.89 Å². The highest BCUT2D eigenvalue weighted by molar-refractivity contribution is 5.78. The van der Waals surface area contributed by atoms with Crippen LogP contribution in [0.1, 0.15) is 6.92 Å². The van der Waals surface area contributed by atoms with Crippen LogP contribution in [0.15, 0.2) is 51.7 Å². The molecule has 0 saturated heterocycles. The minimum Gasteiger partial charge on any atom is -0.493 e. The Morgan fingerprint density at radius 1 is 1.13 bits per heavy atom. The third-order valence-corrected chi connectivity index (χ3v) is 3.20. The van der Waals surface area contributed by atoms with Crippen LogP contribution in [0, 0.1) is 0 Å². The summed E-state index contributed by atoms with van der Waals surface area (Å²) in [7, 11) is 1.45. The maximum absolute atomic E-state index is 12.0. The molecule has 0 fully saturated rings. The molecule has 0 amide bonds. The Labute approximate surface area is 131 Å². The van der Waals surface area contributed by atoms with E-state index in [1.54, 1.807) is 42.5 Å². The Morgan fingerprint density at radius 3 is 2.65 bits per heavy atom. The highest BCUT2D eigenvalue weighted by Crippen LogP contribution is 2.32. The summed E-state index contributed by atoms with van der Waals surface area (Å²) in [6.45, 7) is 1.30. The largest absolute Gasteiger partial charge is 0.493 e. The normalized spacial score (nSPS) is 10.5. The second-order valence-corrected chi connectivity index (χ2v) is 4.78. The maximum Gasteiger partial charge on any atom is 0.347 e. The fourth-order valence-corrected chi connectivity index (χ4v) is 2.18. The van der Waals surface area contributed by atoms with Crippen molar-refractivity contribution in [1.82, 2.24) is 4.98 Å². The summed E-state index contributed by atoms with van der Waals surface area (Å²) in [6, 6.07) is 11.7. The zero-order valence-electron chi connectivity index (χ0n) is 12.5. The van der Waals surface area contributed by atoms with E-state index in [-0.39, 0.29) is 11.6 Å². The van der Waals surface area contributed by atoms with Crippen LogP contribution in [-0.2, 0) is 4.79 Å². The van der Waals surface area contributed by atoms with Gasteiger partial charge in [-0.1, -0.05) is 12.1 Å². The lowest BCUT2D eigenvalue weighted by Crippen LogP contribution is -2.04. The maximum atomic E-state index is 12.0. The van der Waals surface area contributed by atoms with Crippen molar-refractivity contribution in [3.05, 3.63) is 52.9 Å². The van der Waals surface area contributed by atoms with Gasteiger partial charge in [0, 0.05) is 12.5 Å². The summed E-state index contributed by atoms with van der Waals surface area (Å²) in [4.78, 5) is 27.5. The highest BCUT2D eigenvalue weighted by Gasteiger charge is 2.13. The van der Waals surface area contributed by atoms with Gasteiger partial charge < -0.3 is 13.9 Å². The SMILES string of the molecule is COc1cc(-c2nc3ccccc3c(=O)o2)ccc1OC(C)=O. The lowest BCUT2D eigenvalue weighted by Gasteiger charge is -2.09. The van der Waals surface area contributed by atoms with Crippen molar-refractivity contribution in [3.63, 3.8) is 0 Å². The molecular formula is C17H13NO5. The van der Waals surface area contributed by atoms with Crippen molar-refractivity contribution in [3.8, 4) is 23.0 Å². The molecule has 23 heavy (non-hydrogen) atoms. The van der Waals surface area contributed by atoms with Crippen LogP contribution in [0.5, 0.6) is 11.5 Å². The summed E-state index contributed by atoms with van der Waals surface area (Å²) in [5.74, 6) is 0.343. The van der Waals surface area contributed by atoms with Crippen LogP contribution < -0.4 is 15.1 Å². The van der Waals surface area contributed by atoms with E-state index in [1.165, 1.54) is 14.0 Å². The molecule has 1 aromatic heterocycles. The number of hydrogen-bond acceptors (Lipinski definition) is 6. The Kier molecular flexibility index (Phi) is 3.80.